The summed E-state index contributed by atoms with van der Waals surface area (Å²) in [5, 5.41) is 5.09. The largest absolute Gasteiger partial charge is 0.379 e. The number of fused-ring (bicyclic) bond motifs is 2. The van der Waals surface area contributed by atoms with Crippen molar-refractivity contribution in [1.29, 1.82) is 0 Å². The van der Waals surface area contributed by atoms with Crippen molar-refractivity contribution < 1.29 is 4.74 Å². The molecule has 2 fully saturated rings. The monoisotopic (exact) mass is 492 g/mol. The number of pyridine rings is 1. The number of halogens is 1. The number of H-pyrrole nitrogens is 2. The predicted octanol–water partition coefficient (Wildman–Crippen LogP) is 4.24. The first kappa shape index (κ1) is 22.4. The lowest BCUT2D eigenvalue weighted by molar-refractivity contribution is 0.122. The summed E-state index contributed by atoms with van der Waals surface area (Å²) in [5.74, 6) is 0.532. The fraction of sp³-hybridized carbons (Fsp3) is 0.385. The van der Waals surface area contributed by atoms with E-state index in [-0.39, 0.29) is 17.6 Å². The smallest absolute Gasteiger partial charge is 0.261 e. The number of aromatic nitrogens is 3. The number of hydrogen-bond donors (Lipinski definition) is 4. The Hall–Kier alpha value is -3.07. The van der Waals surface area contributed by atoms with Crippen LogP contribution in [-0.4, -0.2) is 53.3 Å². The van der Waals surface area contributed by atoms with E-state index in [9.17, 15) is 4.79 Å². The number of rotatable bonds is 4. The van der Waals surface area contributed by atoms with Crippen molar-refractivity contribution in [3.05, 3.63) is 51.8 Å². The van der Waals surface area contributed by atoms with Crippen LogP contribution in [0.4, 0.5) is 11.4 Å². The van der Waals surface area contributed by atoms with Crippen molar-refractivity contribution in [3.63, 3.8) is 0 Å². The van der Waals surface area contributed by atoms with Crippen LogP contribution < -0.4 is 21.5 Å². The molecule has 1 saturated heterocycles. The predicted molar refractivity (Wildman–Crippen MR) is 142 cm³/mol. The Bertz CT molecular complexity index is 1440. The molecular weight excluding hydrogens is 464 g/mol. The third-order valence-electron chi connectivity index (χ3n) is 7.21. The molecule has 2 aromatic heterocycles. The van der Waals surface area contributed by atoms with E-state index in [0.717, 1.165) is 79.8 Å². The number of nitrogens with one attached hydrogen (secondary N) is 3. The van der Waals surface area contributed by atoms with E-state index in [1.165, 1.54) is 0 Å². The molecule has 2 atom stereocenters. The number of nitrogens with zero attached hydrogens (tertiary/aromatic N) is 2. The molecule has 35 heavy (non-hydrogen) atoms. The van der Waals surface area contributed by atoms with E-state index in [1.807, 2.05) is 18.2 Å². The van der Waals surface area contributed by atoms with E-state index < -0.39 is 0 Å². The zero-order chi connectivity index (χ0) is 23.9. The Kier molecular flexibility index (Phi) is 5.88. The number of imidazole rings is 1. The van der Waals surface area contributed by atoms with Crippen LogP contribution >= 0.6 is 11.6 Å². The molecule has 1 aliphatic carbocycles. The second-order valence-corrected chi connectivity index (χ2v) is 9.92. The first-order valence-corrected chi connectivity index (χ1v) is 12.6. The quantitative estimate of drug-likeness (QED) is 0.339. The maximum atomic E-state index is 13.4. The summed E-state index contributed by atoms with van der Waals surface area (Å²) in [7, 11) is 0. The summed E-state index contributed by atoms with van der Waals surface area (Å²) in [6, 6.07) is 11.8. The van der Waals surface area contributed by atoms with Gasteiger partial charge in [-0.2, -0.15) is 0 Å². The molecule has 4 aromatic rings. The maximum Gasteiger partial charge on any atom is 0.261 e. The Morgan fingerprint density at radius 1 is 1.06 bits per heavy atom. The van der Waals surface area contributed by atoms with Crippen LogP contribution in [0.3, 0.4) is 0 Å². The van der Waals surface area contributed by atoms with Gasteiger partial charge < -0.3 is 30.7 Å². The number of ether oxygens (including phenoxy) is 1. The molecule has 2 aliphatic rings. The normalized spacial score (nSPS) is 21.0. The molecule has 1 aliphatic heterocycles. The molecule has 3 heterocycles. The minimum absolute atomic E-state index is 0.0324. The van der Waals surface area contributed by atoms with Crippen LogP contribution in [0.25, 0.3) is 33.3 Å². The van der Waals surface area contributed by atoms with Crippen LogP contribution in [0.5, 0.6) is 0 Å². The lowest BCUT2D eigenvalue weighted by Crippen LogP contribution is -2.43. The first-order valence-electron chi connectivity index (χ1n) is 12.3. The molecule has 0 radical (unpaired) electrons. The van der Waals surface area contributed by atoms with Gasteiger partial charge in [-0.3, -0.25) is 4.79 Å². The Morgan fingerprint density at radius 2 is 1.89 bits per heavy atom. The van der Waals surface area contributed by atoms with Crippen LogP contribution in [0.15, 0.2) is 41.2 Å². The van der Waals surface area contributed by atoms with Gasteiger partial charge in [-0.1, -0.05) is 24.4 Å². The highest BCUT2D eigenvalue weighted by molar-refractivity contribution is 6.31. The van der Waals surface area contributed by atoms with E-state index in [4.69, 9.17) is 27.1 Å². The van der Waals surface area contributed by atoms with Crippen molar-refractivity contribution in [3.8, 4) is 11.4 Å². The number of benzene rings is 2. The van der Waals surface area contributed by atoms with Gasteiger partial charge in [-0.25, -0.2) is 4.98 Å². The lowest BCUT2D eigenvalue weighted by atomic mass is 9.90. The molecule has 1 saturated carbocycles. The number of hydrogen-bond acceptors (Lipinski definition) is 6. The van der Waals surface area contributed by atoms with E-state index in [2.05, 4.69) is 32.3 Å². The summed E-state index contributed by atoms with van der Waals surface area (Å²) in [5.41, 5.74) is 11.0. The van der Waals surface area contributed by atoms with Gasteiger partial charge in [-0.05, 0) is 49.2 Å². The van der Waals surface area contributed by atoms with Crippen molar-refractivity contribution in [1.82, 2.24) is 15.0 Å². The Labute approximate surface area is 207 Å². The second-order valence-electron chi connectivity index (χ2n) is 9.48. The number of aromatic amines is 2. The highest BCUT2D eigenvalue weighted by Gasteiger charge is 2.26. The van der Waals surface area contributed by atoms with E-state index >= 15 is 0 Å². The summed E-state index contributed by atoms with van der Waals surface area (Å²) in [4.78, 5) is 27.0. The van der Waals surface area contributed by atoms with Crippen molar-refractivity contribution in [2.24, 2.45) is 5.73 Å². The Morgan fingerprint density at radius 3 is 2.71 bits per heavy atom. The van der Waals surface area contributed by atoms with Gasteiger partial charge in [0.15, 0.2) is 0 Å². The molecule has 6 rings (SSSR count). The average Bonchev–Trinajstić information content (AvgIpc) is 3.28. The molecule has 182 valence electrons. The average molecular weight is 493 g/mol. The Balaban J connectivity index is 1.48. The molecule has 5 N–H and O–H groups in total. The van der Waals surface area contributed by atoms with Gasteiger partial charge in [0, 0.05) is 41.3 Å². The SMILES string of the molecule is N[C@@H]1CCCC[C@H]1Nc1c(-c2nc3cc(N4CCOCC4)ccc3[nH]2)c(=O)[nH]c2cc(Cl)ccc12. The van der Waals surface area contributed by atoms with Crippen molar-refractivity contribution in [2.45, 2.75) is 37.8 Å². The third kappa shape index (κ3) is 4.26. The van der Waals surface area contributed by atoms with E-state index in [0.29, 0.717) is 21.9 Å². The molecular formula is C26H29ClN6O2. The molecule has 0 amide bonds. The molecule has 0 spiro atoms. The summed E-state index contributed by atoms with van der Waals surface area (Å²) >= 11 is 6.23. The standard InChI is InChI=1S/C26H29ClN6O2/c27-15-5-7-17-21(13-15)32-26(34)23(24(17)29-19-4-2-1-3-18(19)28)25-30-20-8-6-16(14-22(20)31-25)33-9-11-35-12-10-33/h5-8,13-14,18-19H,1-4,9-12,28H2,(H,30,31)(H2,29,32,34)/t18-,19-/m1/s1. The molecule has 0 unspecified atom stereocenters. The fourth-order valence-corrected chi connectivity index (χ4v) is 5.47. The molecule has 0 bridgehead atoms. The van der Waals surface area contributed by atoms with Gasteiger partial charge in [0.1, 0.15) is 11.4 Å². The van der Waals surface area contributed by atoms with Gasteiger partial charge >= 0.3 is 0 Å². The van der Waals surface area contributed by atoms with E-state index in [1.54, 1.807) is 6.07 Å². The van der Waals surface area contributed by atoms with Gasteiger partial charge in [0.25, 0.3) is 5.56 Å². The fourth-order valence-electron chi connectivity index (χ4n) is 5.30. The zero-order valence-corrected chi connectivity index (χ0v) is 20.2. The first-order chi connectivity index (χ1) is 17.1. The third-order valence-corrected chi connectivity index (χ3v) is 7.44. The topological polar surface area (TPSA) is 112 Å². The number of morpholine rings is 1. The molecule has 2 aromatic carbocycles. The summed E-state index contributed by atoms with van der Waals surface area (Å²) in [6.45, 7) is 3.15. The molecule has 9 heteroatoms. The van der Waals surface area contributed by atoms with Gasteiger partial charge in [-0.15, -0.1) is 0 Å². The maximum absolute atomic E-state index is 13.4. The van der Waals surface area contributed by atoms with Gasteiger partial charge in [0.05, 0.1) is 35.5 Å². The van der Waals surface area contributed by atoms with Crippen LogP contribution in [0.1, 0.15) is 25.7 Å². The number of anilines is 2. The summed E-state index contributed by atoms with van der Waals surface area (Å²) < 4.78 is 5.48. The van der Waals surface area contributed by atoms with Gasteiger partial charge in [0.2, 0.25) is 0 Å². The summed E-state index contributed by atoms with van der Waals surface area (Å²) in [6.07, 6.45) is 4.18. The van der Waals surface area contributed by atoms with Crippen LogP contribution in [0.2, 0.25) is 5.02 Å². The highest BCUT2D eigenvalue weighted by atomic mass is 35.5. The van der Waals surface area contributed by atoms with Crippen LogP contribution in [0, 0.1) is 0 Å². The zero-order valence-electron chi connectivity index (χ0n) is 19.4. The minimum Gasteiger partial charge on any atom is -0.379 e. The molecule has 8 nitrogen and oxygen atoms in total. The highest BCUT2D eigenvalue weighted by Crippen LogP contribution is 2.34. The minimum atomic E-state index is -0.223. The second kappa shape index (κ2) is 9.18. The number of nitrogens with two attached hydrogens (primary N) is 1. The van der Waals surface area contributed by atoms with Crippen LogP contribution in [-0.2, 0) is 4.74 Å². The lowest BCUT2D eigenvalue weighted by Gasteiger charge is -2.31. The van der Waals surface area contributed by atoms with Crippen molar-refractivity contribution in [2.75, 3.05) is 36.5 Å². The van der Waals surface area contributed by atoms with Crippen molar-refractivity contribution >= 4 is 44.9 Å².